The van der Waals surface area contributed by atoms with E-state index in [-0.39, 0.29) is 18.3 Å². The average Bonchev–Trinajstić information content (AvgIpc) is 3.17. The van der Waals surface area contributed by atoms with Crippen LogP contribution >= 0.6 is 12.4 Å². The molecule has 0 radical (unpaired) electrons. The Hall–Kier alpha value is -2.42. The number of halogens is 1. The molecule has 1 aliphatic heterocycles. The standard InChI is InChI=1S/C20H22N4O3S.ClH/c1-21-20(25)18-13-23-19-17(18)11-15(12-22-19)14-5-7-16(8-6-14)28(26,27)24-9-3-2-4-10-24;/h5-8,11-13H,2-4,9-10H2,1H3,(H,21,25)(H,22,23);1H. The van der Waals surface area contributed by atoms with Crippen molar-refractivity contribution in [2.45, 2.75) is 24.2 Å². The number of aromatic amines is 1. The van der Waals surface area contributed by atoms with Crippen molar-refractivity contribution in [1.82, 2.24) is 19.6 Å². The number of piperidine rings is 1. The molecule has 1 amide bonds. The molecule has 2 N–H and O–H groups in total. The topological polar surface area (TPSA) is 95.2 Å². The summed E-state index contributed by atoms with van der Waals surface area (Å²) in [5, 5.41) is 3.34. The summed E-state index contributed by atoms with van der Waals surface area (Å²) >= 11 is 0. The van der Waals surface area contributed by atoms with E-state index in [2.05, 4.69) is 15.3 Å². The Morgan fingerprint density at radius 2 is 1.79 bits per heavy atom. The smallest absolute Gasteiger partial charge is 0.253 e. The van der Waals surface area contributed by atoms with Crippen molar-refractivity contribution < 1.29 is 13.2 Å². The second-order valence-corrected chi connectivity index (χ2v) is 8.83. The molecule has 0 saturated carbocycles. The molecule has 0 atom stereocenters. The van der Waals surface area contributed by atoms with E-state index in [1.54, 1.807) is 48.0 Å². The Kier molecular flexibility index (Phi) is 6.26. The van der Waals surface area contributed by atoms with Crippen molar-refractivity contribution in [2.24, 2.45) is 0 Å². The molecule has 29 heavy (non-hydrogen) atoms. The van der Waals surface area contributed by atoms with Gasteiger partial charge < -0.3 is 10.3 Å². The van der Waals surface area contributed by atoms with E-state index in [1.165, 1.54) is 0 Å². The lowest BCUT2D eigenvalue weighted by molar-refractivity contribution is 0.0964. The van der Waals surface area contributed by atoms with Crippen LogP contribution in [0.4, 0.5) is 0 Å². The van der Waals surface area contributed by atoms with Crippen LogP contribution in [-0.4, -0.2) is 48.7 Å². The zero-order chi connectivity index (χ0) is 19.7. The summed E-state index contributed by atoms with van der Waals surface area (Å²) < 4.78 is 27.1. The lowest BCUT2D eigenvalue weighted by atomic mass is 10.1. The van der Waals surface area contributed by atoms with E-state index in [1.807, 2.05) is 6.07 Å². The highest BCUT2D eigenvalue weighted by Gasteiger charge is 2.25. The van der Waals surface area contributed by atoms with E-state index in [0.29, 0.717) is 29.2 Å². The Morgan fingerprint density at radius 3 is 2.45 bits per heavy atom. The van der Waals surface area contributed by atoms with Gasteiger partial charge in [-0.3, -0.25) is 4.79 Å². The number of hydrogen-bond acceptors (Lipinski definition) is 4. The summed E-state index contributed by atoms with van der Waals surface area (Å²) in [7, 11) is -1.86. The molecule has 1 fully saturated rings. The predicted molar refractivity (Wildman–Crippen MR) is 115 cm³/mol. The summed E-state index contributed by atoms with van der Waals surface area (Å²) in [5.74, 6) is -0.187. The SMILES string of the molecule is CNC(=O)c1c[nH]c2ncc(-c3ccc(S(=O)(=O)N4CCCCC4)cc3)cc12.Cl. The van der Waals surface area contributed by atoms with E-state index < -0.39 is 10.0 Å². The molecule has 1 saturated heterocycles. The normalized spacial score (nSPS) is 15.1. The maximum absolute atomic E-state index is 12.8. The summed E-state index contributed by atoms with van der Waals surface area (Å²) in [6.45, 7) is 1.17. The highest BCUT2D eigenvalue weighted by molar-refractivity contribution is 7.89. The van der Waals surface area contributed by atoms with Crippen molar-refractivity contribution in [3.05, 3.63) is 48.3 Å². The fourth-order valence-electron chi connectivity index (χ4n) is 3.56. The molecule has 0 unspecified atom stereocenters. The second-order valence-electron chi connectivity index (χ2n) is 6.89. The quantitative estimate of drug-likeness (QED) is 0.659. The number of carbonyl (C=O) groups is 1. The van der Waals surface area contributed by atoms with Crippen LogP contribution in [0, 0.1) is 0 Å². The van der Waals surface area contributed by atoms with Crippen LogP contribution in [0.3, 0.4) is 0 Å². The van der Waals surface area contributed by atoms with Crippen LogP contribution in [0.25, 0.3) is 22.2 Å². The molecule has 1 aromatic carbocycles. The fraction of sp³-hybridized carbons (Fsp3) is 0.300. The maximum atomic E-state index is 12.8. The van der Waals surface area contributed by atoms with Gasteiger partial charge >= 0.3 is 0 Å². The third-order valence-electron chi connectivity index (χ3n) is 5.14. The molecule has 3 heterocycles. The van der Waals surface area contributed by atoms with Gasteiger partial charge in [0.05, 0.1) is 10.5 Å². The molecule has 0 spiro atoms. The van der Waals surface area contributed by atoms with Gasteiger partial charge in [0.15, 0.2) is 0 Å². The highest BCUT2D eigenvalue weighted by atomic mass is 35.5. The zero-order valence-electron chi connectivity index (χ0n) is 16.0. The number of H-pyrrole nitrogens is 1. The molecular weight excluding hydrogens is 412 g/mol. The molecule has 1 aliphatic rings. The number of pyridine rings is 1. The number of carbonyl (C=O) groups excluding carboxylic acids is 1. The van der Waals surface area contributed by atoms with Crippen LogP contribution in [0.2, 0.25) is 0 Å². The lowest BCUT2D eigenvalue weighted by Gasteiger charge is -2.25. The average molecular weight is 435 g/mol. The van der Waals surface area contributed by atoms with Gasteiger partial charge in [-0.25, -0.2) is 13.4 Å². The van der Waals surface area contributed by atoms with Crippen molar-refractivity contribution >= 4 is 39.4 Å². The molecule has 4 rings (SSSR count). The summed E-state index contributed by atoms with van der Waals surface area (Å²) in [6, 6.07) is 8.73. The Morgan fingerprint density at radius 1 is 1.10 bits per heavy atom. The van der Waals surface area contributed by atoms with Gasteiger partial charge in [-0.2, -0.15) is 4.31 Å². The van der Waals surface area contributed by atoms with E-state index in [9.17, 15) is 13.2 Å². The number of fused-ring (bicyclic) bond motifs is 1. The Bertz CT molecular complexity index is 1120. The van der Waals surface area contributed by atoms with E-state index >= 15 is 0 Å². The minimum absolute atomic E-state index is 0. The molecule has 7 nitrogen and oxygen atoms in total. The van der Waals surface area contributed by atoms with Crippen molar-refractivity contribution in [1.29, 1.82) is 0 Å². The monoisotopic (exact) mass is 434 g/mol. The fourth-order valence-corrected chi connectivity index (χ4v) is 5.07. The summed E-state index contributed by atoms with van der Waals surface area (Å²) in [4.78, 5) is 19.7. The second kappa shape index (κ2) is 8.52. The van der Waals surface area contributed by atoms with Gasteiger partial charge in [0.1, 0.15) is 5.65 Å². The Balaban J connectivity index is 0.00000240. The van der Waals surface area contributed by atoms with Crippen LogP contribution in [-0.2, 0) is 10.0 Å². The number of amides is 1. The molecular formula is C20H23ClN4O3S. The van der Waals surface area contributed by atoms with E-state index in [4.69, 9.17) is 0 Å². The first-order valence-corrected chi connectivity index (χ1v) is 10.7. The number of hydrogen-bond donors (Lipinski definition) is 2. The van der Waals surface area contributed by atoms with E-state index in [0.717, 1.165) is 35.8 Å². The first-order valence-electron chi connectivity index (χ1n) is 9.30. The maximum Gasteiger partial charge on any atom is 0.253 e. The first-order chi connectivity index (χ1) is 13.5. The van der Waals surface area contributed by atoms with Crippen molar-refractivity contribution in [3.63, 3.8) is 0 Å². The number of nitrogens with zero attached hydrogens (tertiary/aromatic N) is 2. The van der Waals surface area contributed by atoms with Gasteiger partial charge in [0.2, 0.25) is 10.0 Å². The minimum atomic E-state index is -3.45. The van der Waals surface area contributed by atoms with Gasteiger partial charge in [0.25, 0.3) is 5.91 Å². The van der Waals surface area contributed by atoms with Gasteiger partial charge in [-0.1, -0.05) is 18.6 Å². The largest absolute Gasteiger partial charge is 0.355 e. The van der Waals surface area contributed by atoms with Gasteiger partial charge in [0, 0.05) is 43.5 Å². The van der Waals surface area contributed by atoms with Crippen LogP contribution in [0.5, 0.6) is 0 Å². The lowest BCUT2D eigenvalue weighted by Crippen LogP contribution is -2.35. The number of rotatable bonds is 4. The minimum Gasteiger partial charge on any atom is -0.355 e. The van der Waals surface area contributed by atoms with Crippen molar-refractivity contribution in [3.8, 4) is 11.1 Å². The highest BCUT2D eigenvalue weighted by Crippen LogP contribution is 2.27. The number of aromatic nitrogens is 2. The van der Waals surface area contributed by atoms with Gasteiger partial charge in [-0.15, -0.1) is 12.4 Å². The Labute approximate surface area is 176 Å². The van der Waals surface area contributed by atoms with Crippen LogP contribution in [0.15, 0.2) is 47.6 Å². The summed E-state index contributed by atoms with van der Waals surface area (Å²) in [6.07, 6.45) is 6.24. The van der Waals surface area contributed by atoms with Gasteiger partial charge in [-0.05, 0) is 36.6 Å². The molecule has 154 valence electrons. The number of sulfonamides is 1. The zero-order valence-corrected chi connectivity index (χ0v) is 17.6. The summed E-state index contributed by atoms with van der Waals surface area (Å²) in [5.41, 5.74) is 2.82. The first kappa shape index (κ1) is 21.3. The molecule has 3 aromatic rings. The molecule has 0 bridgehead atoms. The number of nitrogens with one attached hydrogen (secondary N) is 2. The third-order valence-corrected chi connectivity index (χ3v) is 7.06. The molecule has 9 heteroatoms. The number of benzene rings is 1. The van der Waals surface area contributed by atoms with Crippen LogP contribution < -0.4 is 5.32 Å². The molecule has 0 aliphatic carbocycles. The van der Waals surface area contributed by atoms with Crippen molar-refractivity contribution in [2.75, 3.05) is 20.1 Å². The molecule has 2 aromatic heterocycles. The predicted octanol–water partition coefficient (Wildman–Crippen LogP) is 3.19. The third kappa shape index (κ3) is 4.01. The van der Waals surface area contributed by atoms with Crippen LogP contribution in [0.1, 0.15) is 29.6 Å².